The minimum Gasteiger partial charge on any atom is -0.412 e. The number of hydrogen-bond acceptors (Lipinski definition) is 0. The second-order valence-corrected chi connectivity index (χ2v) is 6.35. The van der Waals surface area contributed by atoms with Gasteiger partial charge < -0.3 is 11.0 Å². The lowest BCUT2D eigenvalue weighted by Gasteiger charge is -2.28. The van der Waals surface area contributed by atoms with Gasteiger partial charge in [-0.15, -0.1) is 0 Å². The summed E-state index contributed by atoms with van der Waals surface area (Å²) in [7, 11) is 0. The molecule has 0 heterocycles. The highest BCUT2D eigenvalue weighted by molar-refractivity contribution is 5.53. The number of hydrogen-bond donors (Lipinski definition) is 0. The molecular formula is C16H29O2. The Bertz CT molecular complexity index is 271. The Kier molecular flexibility index (Phi) is 5.87. The van der Waals surface area contributed by atoms with Gasteiger partial charge in [-0.25, -0.2) is 0 Å². The van der Waals surface area contributed by atoms with E-state index in [0.29, 0.717) is 0 Å². The maximum atomic E-state index is 2.55. The summed E-state index contributed by atoms with van der Waals surface area (Å²) in [5, 5.41) is 0. The van der Waals surface area contributed by atoms with Crippen molar-refractivity contribution in [2.24, 2.45) is 17.8 Å². The first-order valence-corrected chi connectivity index (χ1v) is 7.43. The summed E-state index contributed by atoms with van der Waals surface area (Å²) in [4.78, 5) is 0. The summed E-state index contributed by atoms with van der Waals surface area (Å²) >= 11 is 0. The number of allylic oxidation sites excluding steroid dienone is 2. The van der Waals surface area contributed by atoms with Crippen LogP contribution in [-0.2, 0) is 0 Å². The highest BCUT2D eigenvalue weighted by Gasteiger charge is 2.39. The fourth-order valence-electron chi connectivity index (χ4n) is 3.82. The van der Waals surface area contributed by atoms with Gasteiger partial charge in [0.15, 0.2) is 0 Å². The first-order valence-electron chi connectivity index (χ1n) is 7.43. The molecular weight excluding hydrogens is 224 g/mol. The molecule has 2 heteroatoms. The van der Waals surface area contributed by atoms with Gasteiger partial charge in [0.2, 0.25) is 0 Å². The van der Waals surface area contributed by atoms with Crippen molar-refractivity contribution in [3.63, 3.8) is 0 Å². The van der Waals surface area contributed by atoms with E-state index in [0.717, 1.165) is 17.8 Å². The predicted molar refractivity (Wildman–Crippen MR) is 76.3 cm³/mol. The van der Waals surface area contributed by atoms with Gasteiger partial charge in [0.25, 0.3) is 0 Å². The summed E-state index contributed by atoms with van der Waals surface area (Å²) in [6, 6.07) is 0. The fourth-order valence-corrected chi connectivity index (χ4v) is 3.82. The zero-order valence-corrected chi connectivity index (χ0v) is 11.7. The van der Waals surface area contributed by atoms with E-state index in [1.165, 1.54) is 57.8 Å². The van der Waals surface area contributed by atoms with E-state index in [1.807, 2.05) is 0 Å². The third kappa shape index (κ3) is 3.36. The summed E-state index contributed by atoms with van der Waals surface area (Å²) in [5.41, 5.74) is 1.80. The Balaban J connectivity index is 0.000000810. The van der Waals surface area contributed by atoms with Gasteiger partial charge in [-0.3, -0.25) is 0 Å². The van der Waals surface area contributed by atoms with E-state index in [-0.39, 0.29) is 11.0 Å². The summed E-state index contributed by atoms with van der Waals surface area (Å²) in [6.45, 7) is 2.42. The molecule has 3 rings (SSSR count). The van der Waals surface area contributed by atoms with Crippen LogP contribution >= 0.6 is 0 Å². The van der Waals surface area contributed by atoms with Gasteiger partial charge in [-0.1, -0.05) is 50.7 Å². The topological polar surface area (TPSA) is 63.0 Å². The van der Waals surface area contributed by atoms with Crippen molar-refractivity contribution in [2.75, 3.05) is 0 Å². The second-order valence-electron chi connectivity index (χ2n) is 6.35. The standard InChI is InChI=1S/C16H25.2H2O/c1-12-7-9-14(10-8-12)16-11-15(16)13-5-3-2-4-6-13;;/h11-14H,2-10H2,1H3;2*1H2. The van der Waals surface area contributed by atoms with Crippen LogP contribution in [0.5, 0.6) is 0 Å². The van der Waals surface area contributed by atoms with Gasteiger partial charge >= 0.3 is 0 Å². The van der Waals surface area contributed by atoms with E-state index in [4.69, 9.17) is 0 Å². The molecule has 0 atom stereocenters. The van der Waals surface area contributed by atoms with Crippen LogP contribution in [0, 0.1) is 23.7 Å². The van der Waals surface area contributed by atoms with Crippen LogP contribution in [0.2, 0.25) is 0 Å². The molecule has 105 valence electrons. The molecule has 0 saturated heterocycles. The lowest BCUT2D eigenvalue weighted by molar-refractivity contribution is 0.310. The molecule has 4 N–H and O–H groups in total. The summed E-state index contributed by atoms with van der Waals surface area (Å²) in [6.07, 6.45) is 15.9. The van der Waals surface area contributed by atoms with Crippen molar-refractivity contribution in [3.8, 4) is 0 Å². The van der Waals surface area contributed by atoms with Crippen molar-refractivity contribution in [1.29, 1.82) is 0 Å². The van der Waals surface area contributed by atoms with Gasteiger partial charge in [-0.2, -0.15) is 0 Å². The van der Waals surface area contributed by atoms with Gasteiger partial charge in [0.05, 0.1) is 0 Å². The molecule has 0 aromatic carbocycles. The molecule has 3 aliphatic carbocycles. The van der Waals surface area contributed by atoms with E-state index >= 15 is 0 Å². The largest absolute Gasteiger partial charge is 0.412 e. The van der Waals surface area contributed by atoms with Crippen molar-refractivity contribution >= 4 is 0 Å². The molecule has 0 bridgehead atoms. The molecule has 0 amide bonds. The fraction of sp³-hybridized carbons (Fsp3) is 0.812. The molecule has 2 saturated carbocycles. The Morgan fingerprint density at radius 1 is 0.778 bits per heavy atom. The molecule has 0 aliphatic heterocycles. The van der Waals surface area contributed by atoms with Crippen molar-refractivity contribution < 1.29 is 11.0 Å². The molecule has 0 aromatic heterocycles. The molecule has 0 aromatic rings. The highest BCUT2D eigenvalue weighted by Crippen LogP contribution is 2.51. The van der Waals surface area contributed by atoms with Crippen molar-refractivity contribution in [2.45, 2.75) is 64.7 Å². The summed E-state index contributed by atoms with van der Waals surface area (Å²) in [5.74, 6) is 4.74. The SMILES string of the molecule is CC1CCC([C]2C=C2C2CCCCC2)CC1.O.O. The van der Waals surface area contributed by atoms with Crippen molar-refractivity contribution in [1.82, 2.24) is 0 Å². The van der Waals surface area contributed by atoms with Crippen LogP contribution in [0.25, 0.3) is 0 Å². The van der Waals surface area contributed by atoms with Gasteiger partial charge in [0, 0.05) is 5.92 Å². The van der Waals surface area contributed by atoms with Crippen LogP contribution in [0.1, 0.15) is 64.7 Å². The van der Waals surface area contributed by atoms with Crippen LogP contribution in [-0.4, -0.2) is 11.0 Å². The highest BCUT2D eigenvalue weighted by atomic mass is 16.0. The number of rotatable bonds is 2. The normalized spacial score (nSPS) is 33.1. The van der Waals surface area contributed by atoms with E-state index < -0.39 is 0 Å². The maximum Gasteiger partial charge on any atom is 0.0256 e. The molecule has 2 nitrogen and oxygen atoms in total. The minimum atomic E-state index is 0. The molecule has 0 spiro atoms. The Morgan fingerprint density at radius 3 is 2.00 bits per heavy atom. The second kappa shape index (κ2) is 6.72. The van der Waals surface area contributed by atoms with Crippen LogP contribution in [0.3, 0.4) is 0 Å². The van der Waals surface area contributed by atoms with E-state index in [1.54, 1.807) is 11.5 Å². The zero-order chi connectivity index (χ0) is 11.0. The Morgan fingerprint density at radius 2 is 1.39 bits per heavy atom. The smallest absolute Gasteiger partial charge is 0.0256 e. The maximum absolute atomic E-state index is 2.55. The predicted octanol–water partition coefficient (Wildman–Crippen LogP) is 3.26. The lowest BCUT2D eigenvalue weighted by atomic mass is 9.77. The van der Waals surface area contributed by atoms with Crippen LogP contribution in [0.4, 0.5) is 0 Å². The zero-order valence-electron chi connectivity index (χ0n) is 11.7. The lowest BCUT2D eigenvalue weighted by Crippen LogP contribution is -2.16. The Hall–Kier alpha value is -0.340. The van der Waals surface area contributed by atoms with Crippen LogP contribution in [0.15, 0.2) is 11.6 Å². The third-order valence-corrected chi connectivity index (χ3v) is 5.06. The van der Waals surface area contributed by atoms with Gasteiger partial charge in [-0.05, 0) is 43.4 Å². The summed E-state index contributed by atoms with van der Waals surface area (Å²) < 4.78 is 0. The van der Waals surface area contributed by atoms with E-state index in [9.17, 15) is 0 Å². The molecule has 0 unspecified atom stereocenters. The molecule has 18 heavy (non-hydrogen) atoms. The molecule has 3 aliphatic rings. The van der Waals surface area contributed by atoms with Crippen molar-refractivity contribution in [3.05, 3.63) is 17.6 Å². The average Bonchev–Trinajstić information content (AvgIpc) is 3.11. The average molecular weight is 253 g/mol. The first-order chi connectivity index (χ1) is 7.84. The third-order valence-electron chi connectivity index (χ3n) is 5.06. The van der Waals surface area contributed by atoms with Crippen LogP contribution < -0.4 is 0 Å². The molecule has 2 fully saturated rings. The molecule has 1 radical (unpaired) electrons. The monoisotopic (exact) mass is 253 g/mol. The minimum absolute atomic E-state index is 0. The Labute approximate surface area is 111 Å². The van der Waals surface area contributed by atoms with E-state index in [2.05, 4.69) is 13.0 Å². The quantitative estimate of drug-likeness (QED) is 0.725. The first kappa shape index (κ1) is 15.7. The van der Waals surface area contributed by atoms with Gasteiger partial charge in [0.1, 0.15) is 0 Å².